The lowest BCUT2D eigenvalue weighted by atomic mass is 9.96. The fourth-order valence-electron chi connectivity index (χ4n) is 2.38. The van der Waals surface area contributed by atoms with Crippen molar-refractivity contribution in [2.75, 3.05) is 13.9 Å². The van der Waals surface area contributed by atoms with E-state index in [4.69, 9.17) is 9.47 Å². The Labute approximate surface area is 97.6 Å². The maximum Gasteiger partial charge on any atom is 0.146 e. The van der Waals surface area contributed by atoms with Crippen LogP contribution in [0.1, 0.15) is 36.3 Å². The van der Waals surface area contributed by atoms with Crippen LogP contribution in [0.4, 0.5) is 0 Å². The standard InChI is InChI=1S/C14H19O2/c1-11-4-3-5-12(8-11)13-6-7-14(9-13)16-10-15-2/h3-5,13-14H,6-7,9-10H2,1-2H3. The predicted molar refractivity (Wildman–Crippen MR) is 63.4 cm³/mol. The summed E-state index contributed by atoms with van der Waals surface area (Å²) in [7, 11) is 1.67. The van der Waals surface area contributed by atoms with Crippen LogP contribution >= 0.6 is 0 Å². The Hall–Kier alpha value is -0.860. The first-order valence-corrected chi connectivity index (χ1v) is 5.89. The van der Waals surface area contributed by atoms with Gasteiger partial charge in [0.2, 0.25) is 0 Å². The summed E-state index contributed by atoms with van der Waals surface area (Å²) < 4.78 is 10.5. The SMILES string of the molecule is COCOC1CCC(c2[c]c(C)ccc2)C1. The Kier molecular flexibility index (Phi) is 3.97. The van der Waals surface area contributed by atoms with Gasteiger partial charge in [-0.3, -0.25) is 0 Å². The second-order valence-corrected chi connectivity index (χ2v) is 4.49. The van der Waals surface area contributed by atoms with Gasteiger partial charge in [-0.25, -0.2) is 0 Å². The predicted octanol–water partition coefficient (Wildman–Crippen LogP) is 3.05. The van der Waals surface area contributed by atoms with Crippen molar-refractivity contribution in [3.63, 3.8) is 0 Å². The van der Waals surface area contributed by atoms with Gasteiger partial charge in [0.25, 0.3) is 0 Å². The van der Waals surface area contributed by atoms with Crippen molar-refractivity contribution < 1.29 is 9.47 Å². The molecule has 1 aliphatic rings. The maximum absolute atomic E-state index is 5.60. The molecule has 16 heavy (non-hydrogen) atoms. The number of rotatable bonds is 4. The van der Waals surface area contributed by atoms with E-state index < -0.39 is 0 Å². The molecule has 0 amide bonds. The molecule has 0 N–H and O–H groups in total. The van der Waals surface area contributed by atoms with E-state index in [0.29, 0.717) is 18.8 Å². The molecule has 1 radical (unpaired) electrons. The summed E-state index contributed by atoms with van der Waals surface area (Å²) in [6.07, 6.45) is 3.80. The van der Waals surface area contributed by atoms with Gasteiger partial charge >= 0.3 is 0 Å². The third-order valence-corrected chi connectivity index (χ3v) is 3.21. The molecular formula is C14H19O2. The molecule has 1 aromatic carbocycles. The Bertz CT molecular complexity index is 335. The summed E-state index contributed by atoms with van der Waals surface area (Å²) in [5.41, 5.74) is 2.56. The summed E-state index contributed by atoms with van der Waals surface area (Å²) in [5, 5.41) is 0. The normalized spacial score (nSPS) is 24.9. The highest BCUT2D eigenvalue weighted by Crippen LogP contribution is 2.35. The minimum Gasteiger partial charge on any atom is -0.359 e. The van der Waals surface area contributed by atoms with E-state index in [9.17, 15) is 0 Å². The Morgan fingerprint density at radius 2 is 2.25 bits per heavy atom. The number of benzene rings is 1. The molecule has 0 bridgehead atoms. The molecular weight excluding hydrogens is 200 g/mol. The van der Waals surface area contributed by atoms with E-state index in [1.165, 1.54) is 17.5 Å². The number of ether oxygens (including phenoxy) is 2. The molecule has 0 spiro atoms. The van der Waals surface area contributed by atoms with Gasteiger partial charge in [0, 0.05) is 7.11 Å². The first kappa shape index (κ1) is 11.6. The average molecular weight is 219 g/mol. The summed E-state index contributed by atoms with van der Waals surface area (Å²) in [5.74, 6) is 0.613. The van der Waals surface area contributed by atoms with Crippen LogP contribution in [0.15, 0.2) is 18.2 Å². The van der Waals surface area contributed by atoms with Crippen LogP contribution in [0.2, 0.25) is 0 Å². The highest BCUT2D eigenvalue weighted by molar-refractivity contribution is 5.24. The summed E-state index contributed by atoms with van der Waals surface area (Å²) in [4.78, 5) is 0. The zero-order chi connectivity index (χ0) is 11.4. The molecule has 2 nitrogen and oxygen atoms in total. The minimum absolute atomic E-state index is 0.360. The van der Waals surface area contributed by atoms with E-state index in [1.54, 1.807) is 7.11 Å². The Morgan fingerprint density at radius 1 is 1.38 bits per heavy atom. The topological polar surface area (TPSA) is 18.5 Å². The van der Waals surface area contributed by atoms with Crippen LogP contribution < -0.4 is 0 Å². The van der Waals surface area contributed by atoms with E-state index in [1.807, 2.05) is 0 Å². The lowest BCUT2D eigenvalue weighted by molar-refractivity contribution is -0.0690. The Balaban J connectivity index is 1.93. The van der Waals surface area contributed by atoms with Gasteiger partial charge < -0.3 is 9.47 Å². The molecule has 1 aromatic rings. The van der Waals surface area contributed by atoms with Crippen molar-refractivity contribution >= 4 is 0 Å². The van der Waals surface area contributed by atoms with Gasteiger partial charge in [-0.05, 0) is 49.3 Å². The first-order valence-electron chi connectivity index (χ1n) is 5.89. The summed E-state index contributed by atoms with van der Waals surface area (Å²) in [6.45, 7) is 2.51. The third kappa shape index (κ3) is 2.83. The van der Waals surface area contributed by atoms with E-state index >= 15 is 0 Å². The lowest BCUT2D eigenvalue weighted by Gasteiger charge is -2.12. The number of hydrogen-bond donors (Lipinski definition) is 0. The Morgan fingerprint density at radius 3 is 3.00 bits per heavy atom. The second kappa shape index (κ2) is 5.46. The van der Waals surface area contributed by atoms with Gasteiger partial charge in [-0.1, -0.05) is 18.2 Å². The van der Waals surface area contributed by atoms with Crippen LogP contribution in [0.25, 0.3) is 0 Å². The van der Waals surface area contributed by atoms with Crippen molar-refractivity contribution in [2.24, 2.45) is 0 Å². The number of aryl methyl sites for hydroxylation is 1. The molecule has 2 heteroatoms. The van der Waals surface area contributed by atoms with Crippen LogP contribution in [0.3, 0.4) is 0 Å². The lowest BCUT2D eigenvalue weighted by Crippen LogP contribution is -2.10. The fourth-order valence-corrected chi connectivity index (χ4v) is 2.38. The van der Waals surface area contributed by atoms with Crippen molar-refractivity contribution in [1.82, 2.24) is 0 Å². The molecule has 2 unspecified atom stereocenters. The molecule has 1 aliphatic carbocycles. The quantitative estimate of drug-likeness (QED) is 0.725. The zero-order valence-electron chi connectivity index (χ0n) is 10.0. The number of hydrogen-bond acceptors (Lipinski definition) is 2. The van der Waals surface area contributed by atoms with Crippen molar-refractivity contribution in [3.05, 3.63) is 35.4 Å². The molecule has 2 rings (SSSR count). The summed E-state index contributed by atoms with van der Waals surface area (Å²) in [6, 6.07) is 9.83. The van der Waals surface area contributed by atoms with Crippen LogP contribution in [0, 0.1) is 13.0 Å². The molecule has 0 saturated heterocycles. The van der Waals surface area contributed by atoms with Crippen LogP contribution in [-0.2, 0) is 9.47 Å². The molecule has 1 saturated carbocycles. The maximum atomic E-state index is 5.60. The third-order valence-electron chi connectivity index (χ3n) is 3.21. The zero-order valence-corrected chi connectivity index (χ0v) is 10.0. The molecule has 87 valence electrons. The van der Waals surface area contributed by atoms with Gasteiger partial charge in [0.1, 0.15) is 6.79 Å². The van der Waals surface area contributed by atoms with E-state index in [2.05, 4.69) is 31.2 Å². The highest BCUT2D eigenvalue weighted by atomic mass is 16.7. The van der Waals surface area contributed by atoms with Gasteiger partial charge in [-0.15, -0.1) is 0 Å². The molecule has 2 atom stereocenters. The van der Waals surface area contributed by atoms with Crippen LogP contribution in [-0.4, -0.2) is 20.0 Å². The molecule has 1 fully saturated rings. The van der Waals surface area contributed by atoms with Crippen molar-refractivity contribution in [3.8, 4) is 0 Å². The fraction of sp³-hybridized carbons (Fsp3) is 0.571. The monoisotopic (exact) mass is 219 g/mol. The van der Waals surface area contributed by atoms with E-state index in [-0.39, 0.29) is 0 Å². The average Bonchev–Trinajstić information content (AvgIpc) is 2.75. The largest absolute Gasteiger partial charge is 0.359 e. The van der Waals surface area contributed by atoms with Gasteiger partial charge in [0.05, 0.1) is 6.10 Å². The number of methoxy groups -OCH3 is 1. The molecule has 0 aliphatic heterocycles. The van der Waals surface area contributed by atoms with Crippen molar-refractivity contribution in [2.45, 2.75) is 38.2 Å². The van der Waals surface area contributed by atoms with Gasteiger partial charge in [-0.2, -0.15) is 0 Å². The molecule has 0 aromatic heterocycles. The molecule has 0 heterocycles. The van der Waals surface area contributed by atoms with Crippen LogP contribution in [0.5, 0.6) is 0 Å². The van der Waals surface area contributed by atoms with E-state index in [0.717, 1.165) is 12.8 Å². The van der Waals surface area contributed by atoms with Gasteiger partial charge in [0.15, 0.2) is 0 Å². The minimum atomic E-state index is 0.360. The highest BCUT2D eigenvalue weighted by Gasteiger charge is 2.26. The first-order chi connectivity index (χ1) is 7.79. The summed E-state index contributed by atoms with van der Waals surface area (Å²) >= 11 is 0. The second-order valence-electron chi connectivity index (χ2n) is 4.49. The smallest absolute Gasteiger partial charge is 0.146 e. The van der Waals surface area contributed by atoms with Crippen molar-refractivity contribution in [1.29, 1.82) is 0 Å².